The largest absolute Gasteiger partial charge is 0.491 e. The molecule has 0 aliphatic carbocycles. The normalized spacial score (nSPS) is 14.3. The molecule has 0 saturated carbocycles. The van der Waals surface area contributed by atoms with Gasteiger partial charge in [0.1, 0.15) is 12.4 Å². The molecular weight excluding hydrogens is 326 g/mol. The zero-order chi connectivity index (χ0) is 17.8. The third-order valence-electron chi connectivity index (χ3n) is 4.97. The molecule has 3 aromatic rings. The number of aromatic nitrogens is 4. The second-order valence-corrected chi connectivity index (χ2v) is 6.70. The second kappa shape index (κ2) is 7.74. The van der Waals surface area contributed by atoms with E-state index in [1.807, 2.05) is 23.2 Å². The van der Waals surface area contributed by atoms with Crippen molar-refractivity contribution in [2.75, 3.05) is 13.2 Å². The molecular formula is C20H25N5O. The van der Waals surface area contributed by atoms with Gasteiger partial charge in [-0.1, -0.05) is 25.1 Å². The molecule has 1 aliphatic rings. The van der Waals surface area contributed by atoms with Gasteiger partial charge in [0.2, 0.25) is 0 Å². The number of para-hydroxylation sites is 1. The van der Waals surface area contributed by atoms with E-state index in [0.717, 1.165) is 44.8 Å². The van der Waals surface area contributed by atoms with Crippen LogP contribution >= 0.6 is 0 Å². The van der Waals surface area contributed by atoms with Gasteiger partial charge in [-0.25, -0.2) is 4.98 Å². The number of hydrogen-bond acceptors (Lipinski definition) is 4. The van der Waals surface area contributed by atoms with E-state index >= 15 is 0 Å². The molecule has 0 bridgehead atoms. The number of nitrogens with one attached hydrogen (secondary N) is 1. The highest BCUT2D eigenvalue weighted by atomic mass is 16.5. The van der Waals surface area contributed by atoms with Crippen molar-refractivity contribution in [3.63, 3.8) is 0 Å². The first-order valence-corrected chi connectivity index (χ1v) is 9.27. The topological polar surface area (TPSA) is 59.0 Å². The van der Waals surface area contributed by atoms with Gasteiger partial charge in [-0.3, -0.25) is 10.00 Å². The molecule has 6 heteroatoms. The number of H-pyrrole nitrogens is 1. The first kappa shape index (κ1) is 16.8. The first-order chi connectivity index (χ1) is 12.8. The fourth-order valence-corrected chi connectivity index (χ4v) is 3.53. The Morgan fingerprint density at radius 2 is 2.19 bits per heavy atom. The van der Waals surface area contributed by atoms with Crippen LogP contribution in [-0.4, -0.2) is 37.8 Å². The van der Waals surface area contributed by atoms with Crippen LogP contribution in [0.25, 0.3) is 0 Å². The Labute approximate surface area is 153 Å². The van der Waals surface area contributed by atoms with E-state index in [1.165, 1.54) is 22.5 Å². The maximum atomic E-state index is 6.06. The van der Waals surface area contributed by atoms with Gasteiger partial charge in [-0.15, -0.1) is 0 Å². The van der Waals surface area contributed by atoms with Gasteiger partial charge >= 0.3 is 0 Å². The summed E-state index contributed by atoms with van der Waals surface area (Å²) in [4.78, 5) is 6.55. The lowest BCUT2D eigenvalue weighted by Gasteiger charge is -2.27. The van der Waals surface area contributed by atoms with Crippen molar-refractivity contribution < 1.29 is 4.74 Å². The number of rotatable bonds is 7. The van der Waals surface area contributed by atoms with E-state index in [0.29, 0.717) is 6.61 Å². The Bertz CT molecular complexity index is 826. The zero-order valence-corrected chi connectivity index (χ0v) is 15.2. The van der Waals surface area contributed by atoms with Crippen LogP contribution in [0.2, 0.25) is 0 Å². The lowest BCUT2D eigenvalue weighted by Crippen LogP contribution is -2.30. The average molecular weight is 351 g/mol. The standard InChI is InChI=1S/C20H25N5O/c1-2-18-17-14-25(9-7-19(17)23-22-18)13-16-5-3-4-6-20(16)26-12-11-24-10-8-21-15-24/h3-6,8,10,15H,2,7,9,11-14H2,1H3,(H,22,23). The van der Waals surface area contributed by atoms with Crippen molar-refractivity contribution in [2.45, 2.75) is 39.4 Å². The number of imidazole rings is 1. The van der Waals surface area contributed by atoms with Gasteiger partial charge in [0.05, 0.1) is 18.6 Å². The SMILES string of the molecule is CCc1n[nH]c2c1CN(Cc1ccccc1OCCn1ccnc1)CC2. The summed E-state index contributed by atoms with van der Waals surface area (Å²) >= 11 is 0. The summed E-state index contributed by atoms with van der Waals surface area (Å²) in [5.74, 6) is 0.973. The lowest BCUT2D eigenvalue weighted by molar-refractivity contribution is 0.235. The molecule has 3 heterocycles. The van der Waals surface area contributed by atoms with Crippen LogP contribution in [-0.2, 0) is 32.5 Å². The molecule has 0 amide bonds. The Morgan fingerprint density at radius 1 is 1.27 bits per heavy atom. The van der Waals surface area contributed by atoms with Crippen LogP contribution in [0.4, 0.5) is 0 Å². The van der Waals surface area contributed by atoms with Gasteiger partial charge in [-0.05, 0) is 12.5 Å². The average Bonchev–Trinajstić information content (AvgIpc) is 3.32. The van der Waals surface area contributed by atoms with Crippen LogP contribution in [0.5, 0.6) is 5.75 Å². The molecule has 0 fully saturated rings. The summed E-state index contributed by atoms with van der Waals surface area (Å²) in [5.41, 5.74) is 5.14. The quantitative estimate of drug-likeness (QED) is 0.711. The van der Waals surface area contributed by atoms with E-state index in [9.17, 15) is 0 Å². The lowest BCUT2D eigenvalue weighted by atomic mass is 10.0. The summed E-state index contributed by atoms with van der Waals surface area (Å²) in [7, 11) is 0. The Balaban J connectivity index is 1.40. The monoisotopic (exact) mass is 351 g/mol. The molecule has 136 valence electrons. The van der Waals surface area contributed by atoms with Gasteiger partial charge in [0, 0.05) is 55.3 Å². The number of hydrogen-bond donors (Lipinski definition) is 1. The van der Waals surface area contributed by atoms with Gasteiger partial charge in [-0.2, -0.15) is 5.10 Å². The summed E-state index contributed by atoms with van der Waals surface area (Å²) in [6.07, 6.45) is 7.58. The summed E-state index contributed by atoms with van der Waals surface area (Å²) in [6.45, 7) is 6.50. The molecule has 1 N–H and O–H groups in total. The van der Waals surface area contributed by atoms with Crippen molar-refractivity contribution in [3.05, 3.63) is 65.5 Å². The molecule has 0 unspecified atom stereocenters. The summed E-state index contributed by atoms with van der Waals surface area (Å²) in [6, 6.07) is 8.35. The van der Waals surface area contributed by atoms with Gasteiger partial charge < -0.3 is 9.30 Å². The molecule has 2 aromatic heterocycles. The molecule has 0 saturated heterocycles. The number of ether oxygens (including phenoxy) is 1. The molecule has 0 spiro atoms. The Morgan fingerprint density at radius 3 is 3.04 bits per heavy atom. The van der Waals surface area contributed by atoms with Crippen LogP contribution in [0.15, 0.2) is 43.0 Å². The molecule has 1 aromatic carbocycles. The predicted molar refractivity (Wildman–Crippen MR) is 99.9 cm³/mol. The minimum atomic E-state index is 0.638. The van der Waals surface area contributed by atoms with E-state index in [-0.39, 0.29) is 0 Å². The van der Waals surface area contributed by atoms with E-state index < -0.39 is 0 Å². The third kappa shape index (κ3) is 3.65. The maximum absolute atomic E-state index is 6.06. The van der Waals surface area contributed by atoms with Crippen molar-refractivity contribution in [2.24, 2.45) is 0 Å². The van der Waals surface area contributed by atoms with Crippen molar-refractivity contribution in [1.82, 2.24) is 24.6 Å². The Kier molecular flexibility index (Phi) is 5.02. The highest BCUT2D eigenvalue weighted by Crippen LogP contribution is 2.25. The molecule has 0 radical (unpaired) electrons. The second-order valence-electron chi connectivity index (χ2n) is 6.70. The first-order valence-electron chi connectivity index (χ1n) is 9.27. The zero-order valence-electron chi connectivity index (χ0n) is 15.2. The van der Waals surface area contributed by atoms with E-state index in [4.69, 9.17) is 4.74 Å². The summed E-state index contributed by atoms with van der Waals surface area (Å²) < 4.78 is 8.09. The van der Waals surface area contributed by atoms with Crippen LogP contribution in [0.3, 0.4) is 0 Å². The van der Waals surface area contributed by atoms with Crippen LogP contribution < -0.4 is 4.74 Å². The molecule has 4 rings (SSSR count). The minimum absolute atomic E-state index is 0.638. The van der Waals surface area contributed by atoms with Crippen molar-refractivity contribution in [1.29, 1.82) is 0 Å². The van der Waals surface area contributed by atoms with E-state index in [1.54, 1.807) is 6.20 Å². The van der Waals surface area contributed by atoms with Gasteiger partial charge in [0.25, 0.3) is 0 Å². The molecule has 6 nitrogen and oxygen atoms in total. The van der Waals surface area contributed by atoms with Crippen LogP contribution in [0.1, 0.15) is 29.4 Å². The smallest absolute Gasteiger partial charge is 0.123 e. The molecule has 1 aliphatic heterocycles. The number of benzene rings is 1. The minimum Gasteiger partial charge on any atom is -0.491 e. The van der Waals surface area contributed by atoms with Crippen LogP contribution in [0, 0.1) is 0 Å². The number of aryl methyl sites for hydroxylation is 1. The predicted octanol–water partition coefficient (Wildman–Crippen LogP) is 2.81. The highest BCUT2D eigenvalue weighted by Gasteiger charge is 2.22. The van der Waals surface area contributed by atoms with Gasteiger partial charge in [0.15, 0.2) is 0 Å². The molecule has 26 heavy (non-hydrogen) atoms. The maximum Gasteiger partial charge on any atom is 0.123 e. The van der Waals surface area contributed by atoms with E-state index in [2.05, 4.69) is 45.2 Å². The summed E-state index contributed by atoms with van der Waals surface area (Å²) in [5, 5.41) is 7.66. The number of aromatic amines is 1. The highest BCUT2D eigenvalue weighted by molar-refractivity contribution is 5.34. The fourth-order valence-electron chi connectivity index (χ4n) is 3.53. The Hall–Kier alpha value is -2.60. The third-order valence-corrected chi connectivity index (χ3v) is 4.97. The number of nitrogens with zero attached hydrogens (tertiary/aromatic N) is 4. The van der Waals surface area contributed by atoms with Crippen molar-refractivity contribution >= 4 is 0 Å². The molecule has 0 atom stereocenters. The number of fused-ring (bicyclic) bond motifs is 1. The van der Waals surface area contributed by atoms with Crippen molar-refractivity contribution in [3.8, 4) is 5.75 Å². The fraction of sp³-hybridized carbons (Fsp3) is 0.400.